The first-order valence-corrected chi connectivity index (χ1v) is 7.63. The lowest BCUT2D eigenvalue weighted by Gasteiger charge is -2.08. The van der Waals surface area contributed by atoms with Crippen molar-refractivity contribution in [2.45, 2.75) is 19.3 Å². The summed E-state index contributed by atoms with van der Waals surface area (Å²) in [6.07, 6.45) is 2.33. The summed E-state index contributed by atoms with van der Waals surface area (Å²) >= 11 is 0. The van der Waals surface area contributed by atoms with Crippen molar-refractivity contribution in [1.29, 1.82) is 0 Å². The molecule has 1 N–H and O–H groups in total. The molecule has 5 rings (SSSR count). The maximum Gasteiger partial charge on any atom is 0.277 e. The van der Waals surface area contributed by atoms with E-state index in [1.807, 2.05) is 0 Å². The summed E-state index contributed by atoms with van der Waals surface area (Å²) in [6, 6.07) is 6.58. The van der Waals surface area contributed by atoms with Gasteiger partial charge in [-0.2, -0.15) is 9.50 Å². The number of carbonyl (C=O) groups is 2. The van der Waals surface area contributed by atoms with Crippen LogP contribution < -0.4 is 10.5 Å². The van der Waals surface area contributed by atoms with Crippen molar-refractivity contribution in [3.05, 3.63) is 57.0 Å². The van der Waals surface area contributed by atoms with Crippen molar-refractivity contribution in [2.75, 3.05) is 4.90 Å². The molecule has 1 aliphatic heterocycles. The van der Waals surface area contributed by atoms with Gasteiger partial charge in [-0.15, -0.1) is 0 Å². The molecule has 0 unspecified atom stereocenters. The smallest absolute Gasteiger partial charge is 0.268 e. The largest absolute Gasteiger partial charge is 0.277 e. The van der Waals surface area contributed by atoms with Gasteiger partial charge >= 0.3 is 0 Å². The Kier molecular flexibility index (Phi) is 2.40. The maximum atomic E-state index is 12.5. The lowest BCUT2D eigenvalue weighted by Crippen LogP contribution is -2.30. The fourth-order valence-corrected chi connectivity index (χ4v) is 3.36. The van der Waals surface area contributed by atoms with Gasteiger partial charge in [0.25, 0.3) is 23.2 Å². The third-order valence-corrected chi connectivity index (χ3v) is 4.51. The quantitative estimate of drug-likeness (QED) is 0.665. The van der Waals surface area contributed by atoms with E-state index in [1.54, 1.807) is 24.3 Å². The minimum absolute atomic E-state index is 0.00877. The number of benzene rings is 1. The summed E-state index contributed by atoms with van der Waals surface area (Å²) in [5, 5.41) is 2.75. The summed E-state index contributed by atoms with van der Waals surface area (Å²) < 4.78 is 1.20. The van der Waals surface area contributed by atoms with Gasteiger partial charge in [-0.25, -0.2) is 9.88 Å². The Morgan fingerprint density at radius 2 is 1.67 bits per heavy atom. The number of anilines is 1. The fourth-order valence-electron chi connectivity index (χ4n) is 3.36. The molecule has 0 saturated carbocycles. The Morgan fingerprint density at radius 3 is 2.38 bits per heavy atom. The molecule has 0 radical (unpaired) electrons. The average Bonchev–Trinajstić information content (AvgIpc) is 3.27. The minimum Gasteiger partial charge on any atom is -0.268 e. The fraction of sp³-hybridized carbons (Fsp3) is 0.188. The zero-order chi connectivity index (χ0) is 16.4. The summed E-state index contributed by atoms with van der Waals surface area (Å²) in [4.78, 5) is 47.0. The van der Waals surface area contributed by atoms with Gasteiger partial charge < -0.3 is 0 Å². The first-order valence-electron chi connectivity index (χ1n) is 7.63. The molecule has 3 heterocycles. The molecular weight excluding hydrogens is 310 g/mol. The SMILES string of the molecule is O=C1c2ccccc2C(=O)N1c1nc2nc3c(c(=O)n2[nH]1)CCC3. The number of hydrogen-bond acceptors (Lipinski definition) is 5. The molecule has 2 aromatic heterocycles. The first-order chi connectivity index (χ1) is 11.6. The maximum absolute atomic E-state index is 12.5. The van der Waals surface area contributed by atoms with Gasteiger partial charge in [0, 0.05) is 5.56 Å². The van der Waals surface area contributed by atoms with Crippen LogP contribution >= 0.6 is 0 Å². The van der Waals surface area contributed by atoms with Crippen LogP contribution in [0.1, 0.15) is 38.4 Å². The zero-order valence-electron chi connectivity index (χ0n) is 12.4. The molecule has 3 aromatic rings. The summed E-state index contributed by atoms with van der Waals surface area (Å²) in [5.74, 6) is -0.743. The average molecular weight is 321 g/mol. The zero-order valence-corrected chi connectivity index (χ0v) is 12.4. The molecule has 0 atom stereocenters. The molecule has 24 heavy (non-hydrogen) atoms. The van der Waals surface area contributed by atoms with Crippen molar-refractivity contribution in [3.63, 3.8) is 0 Å². The number of aromatic amines is 1. The molecule has 2 aliphatic rings. The Balaban J connectivity index is 1.69. The molecule has 1 aliphatic carbocycles. The molecule has 0 bridgehead atoms. The lowest BCUT2D eigenvalue weighted by molar-refractivity contribution is 0.0924. The highest BCUT2D eigenvalue weighted by Gasteiger charge is 2.38. The van der Waals surface area contributed by atoms with Crippen LogP contribution in [0, 0.1) is 0 Å². The van der Waals surface area contributed by atoms with E-state index in [4.69, 9.17) is 0 Å². The van der Waals surface area contributed by atoms with Gasteiger partial charge in [0.05, 0.1) is 16.8 Å². The monoisotopic (exact) mass is 321 g/mol. The van der Waals surface area contributed by atoms with Gasteiger partial charge in [0.15, 0.2) is 0 Å². The van der Waals surface area contributed by atoms with E-state index in [9.17, 15) is 14.4 Å². The minimum atomic E-state index is -0.463. The molecule has 8 nitrogen and oxygen atoms in total. The second-order valence-corrected chi connectivity index (χ2v) is 5.87. The number of amides is 2. The van der Waals surface area contributed by atoms with Gasteiger partial charge in [-0.1, -0.05) is 12.1 Å². The van der Waals surface area contributed by atoms with E-state index in [0.717, 1.165) is 23.4 Å². The van der Waals surface area contributed by atoms with Gasteiger partial charge in [-0.3, -0.25) is 19.5 Å². The second-order valence-electron chi connectivity index (χ2n) is 5.87. The number of nitrogens with one attached hydrogen (secondary N) is 1. The molecule has 0 fully saturated rings. The van der Waals surface area contributed by atoms with Gasteiger partial charge in [0.2, 0.25) is 5.95 Å². The highest BCUT2D eigenvalue weighted by Crippen LogP contribution is 2.26. The van der Waals surface area contributed by atoms with E-state index in [1.165, 1.54) is 4.52 Å². The summed E-state index contributed by atoms with van der Waals surface area (Å²) in [5.41, 5.74) is 1.85. The van der Waals surface area contributed by atoms with E-state index in [-0.39, 0.29) is 17.3 Å². The topological polar surface area (TPSA) is 100 Å². The van der Waals surface area contributed by atoms with Crippen LogP contribution in [0.25, 0.3) is 5.78 Å². The van der Waals surface area contributed by atoms with Gasteiger partial charge in [-0.05, 0) is 31.4 Å². The Labute approximate surface area is 134 Å². The number of hydrogen-bond donors (Lipinski definition) is 1. The van der Waals surface area contributed by atoms with Crippen molar-refractivity contribution < 1.29 is 9.59 Å². The molecule has 8 heteroatoms. The van der Waals surface area contributed by atoms with Crippen molar-refractivity contribution in [2.24, 2.45) is 0 Å². The van der Waals surface area contributed by atoms with Crippen LogP contribution in [-0.4, -0.2) is 31.4 Å². The van der Waals surface area contributed by atoms with E-state index < -0.39 is 11.8 Å². The number of H-pyrrole nitrogens is 1. The number of fused-ring (bicyclic) bond motifs is 3. The number of aromatic nitrogens is 4. The predicted octanol–water partition coefficient (Wildman–Crippen LogP) is 0.707. The lowest BCUT2D eigenvalue weighted by atomic mass is 10.1. The van der Waals surface area contributed by atoms with Crippen LogP contribution in [0.4, 0.5) is 5.95 Å². The van der Waals surface area contributed by atoms with Crippen LogP contribution in [-0.2, 0) is 12.8 Å². The number of aryl methyl sites for hydroxylation is 1. The predicted molar refractivity (Wildman–Crippen MR) is 83.2 cm³/mol. The second kappa shape index (κ2) is 4.38. The number of carbonyl (C=O) groups excluding carboxylic acids is 2. The summed E-state index contributed by atoms with van der Waals surface area (Å²) in [7, 11) is 0. The van der Waals surface area contributed by atoms with E-state index >= 15 is 0 Å². The third kappa shape index (κ3) is 1.54. The van der Waals surface area contributed by atoms with Crippen molar-refractivity contribution in [3.8, 4) is 0 Å². The van der Waals surface area contributed by atoms with Crippen molar-refractivity contribution in [1.82, 2.24) is 19.6 Å². The van der Waals surface area contributed by atoms with Crippen LogP contribution in [0.3, 0.4) is 0 Å². The normalized spacial score (nSPS) is 16.1. The van der Waals surface area contributed by atoms with Crippen molar-refractivity contribution >= 4 is 23.5 Å². The Hall–Kier alpha value is -3.29. The Morgan fingerprint density at radius 1 is 0.958 bits per heavy atom. The highest BCUT2D eigenvalue weighted by molar-refractivity contribution is 6.33. The number of rotatable bonds is 1. The molecule has 0 saturated heterocycles. The van der Waals surface area contributed by atoms with Gasteiger partial charge in [0.1, 0.15) is 0 Å². The van der Waals surface area contributed by atoms with Crippen LogP contribution in [0.5, 0.6) is 0 Å². The van der Waals surface area contributed by atoms with Crippen LogP contribution in [0.2, 0.25) is 0 Å². The molecular formula is C16H11N5O3. The molecule has 118 valence electrons. The number of nitrogens with zero attached hydrogens (tertiary/aromatic N) is 4. The van der Waals surface area contributed by atoms with Crippen LogP contribution in [0.15, 0.2) is 29.1 Å². The third-order valence-electron chi connectivity index (χ3n) is 4.51. The highest BCUT2D eigenvalue weighted by atomic mass is 16.2. The number of imide groups is 1. The molecule has 0 spiro atoms. The summed E-state index contributed by atoms with van der Waals surface area (Å²) in [6.45, 7) is 0. The molecule has 2 amide bonds. The standard InChI is InChI=1S/C16H11N5O3/c22-12-8-4-1-2-5-9(8)13(23)20(12)16-18-15-17-11-7-3-6-10(11)14(24)21(15)19-16/h1-2,4-5H,3,6-7H2,(H,17,18,19). The van der Waals surface area contributed by atoms with E-state index in [2.05, 4.69) is 15.1 Å². The first kappa shape index (κ1) is 13.2. The Bertz CT molecular complexity index is 1080. The van der Waals surface area contributed by atoms with E-state index in [0.29, 0.717) is 23.1 Å². The molecule has 1 aromatic carbocycles.